The third-order valence-electron chi connectivity index (χ3n) is 7.35. The molecule has 6 heteroatoms. The number of methoxy groups -OCH3 is 1. The molecule has 1 N–H and O–H groups in total. The zero-order chi connectivity index (χ0) is 25.1. The van der Waals surface area contributed by atoms with Crippen LogP contribution in [0.5, 0.6) is 11.5 Å². The molecular weight excluding hydrogens is 452 g/mol. The van der Waals surface area contributed by atoms with Crippen LogP contribution in [0.25, 0.3) is 0 Å². The molecule has 1 aliphatic carbocycles. The van der Waals surface area contributed by atoms with Crippen molar-refractivity contribution in [2.75, 3.05) is 12.4 Å². The van der Waals surface area contributed by atoms with Gasteiger partial charge < -0.3 is 14.8 Å². The molecule has 0 unspecified atom stereocenters. The third kappa shape index (κ3) is 4.32. The Kier molecular flexibility index (Phi) is 6.68. The van der Waals surface area contributed by atoms with E-state index in [4.69, 9.17) is 9.47 Å². The van der Waals surface area contributed by atoms with Gasteiger partial charge in [0.05, 0.1) is 30.3 Å². The van der Waals surface area contributed by atoms with Crippen molar-refractivity contribution >= 4 is 17.5 Å². The summed E-state index contributed by atoms with van der Waals surface area (Å²) in [5, 5.41) is 3.54. The first-order chi connectivity index (χ1) is 17.5. The van der Waals surface area contributed by atoms with Crippen molar-refractivity contribution in [1.82, 2.24) is 4.90 Å². The average molecular weight is 485 g/mol. The maximum Gasteiger partial charge on any atom is 0.267 e. The largest absolute Gasteiger partial charge is 0.495 e. The van der Waals surface area contributed by atoms with Gasteiger partial charge in [-0.05, 0) is 42.7 Å². The molecule has 3 aromatic rings. The van der Waals surface area contributed by atoms with Crippen molar-refractivity contribution in [1.29, 1.82) is 0 Å². The lowest BCUT2D eigenvalue weighted by Crippen LogP contribution is -2.63. The predicted octanol–water partition coefficient (Wildman–Crippen LogP) is 6.21. The smallest absolute Gasteiger partial charge is 0.267 e. The summed E-state index contributed by atoms with van der Waals surface area (Å²) in [5.74, 6) is 0.169. The van der Waals surface area contributed by atoms with Crippen LogP contribution in [0.3, 0.4) is 0 Å². The first-order valence-electron chi connectivity index (χ1n) is 12.6. The van der Waals surface area contributed by atoms with Crippen LogP contribution < -0.4 is 14.8 Å². The van der Waals surface area contributed by atoms with Gasteiger partial charge >= 0.3 is 0 Å². The molecule has 0 aromatic heterocycles. The van der Waals surface area contributed by atoms with Gasteiger partial charge in [0, 0.05) is 12.8 Å². The predicted molar refractivity (Wildman–Crippen MR) is 139 cm³/mol. The number of carbonyl (C=O) groups excluding carboxylic acids is 2. The van der Waals surface area contributed by atoms with Gasteiger partial charge in [-0.3, -0.25) is 9.59 Å². The minimum absolute atomic E-state index is 0.243. The highest BCUT2D eigenvalue weighted by Crippen LogP contribution is 2.44. The number of nitrogens with one attached hydrogen (secondary N) is 1. The number of anilines is 1. The summed E-state index contributed by atoms with van der Waals surface area (Å²) in [6.45, 7) is 1.88. The van der Waals surface area contributed by atoms with Gasteiger partial charge in [-0.1, -0.05) is 67.9 Å². The molecule has 1 aliphatic heterocycles. The number of hydrogen-bond donors (Lipinski definition) is 1. The van der Waals surface area contributed by atoms with Crippen LogP contribution in [0.15, 0.2) is 78.9 Å². The number of rotatable bonds is 6. The molecular formula is C30H32N2O4. The summed E-state index contributed by atoms with van der Waals surface area (Å²) in [7, 11) is 1.63. The van der Waals surface area contributed by atoms with Crippen molar-refractivity contribution in [3.05, 3.63) is 90.0 Å². The summed E-state index contributed by atoms with van der Waals surface area (Å²) in [5.41, 5.74) is 1.23. The highest BCUT2D eigenvalue weighted by atomic mass is 16.5. The molecule has 36 heavy (non-hydrogen) atoms. The molecule has 2 atom stereocenters. The van der Waals surface area contributed by atoms with Crippen LogP contribution in [-0.2, 0) is 4.79 Å². The van der Waals surface area contributed by atoms with Crippen molar-refractivity contribution < 1.29 is 19.1 Å². The molecule has 0 saturated heterocycles. The van der Waals surface area contributed by atoms with Crippen LogP contribution >= 0.6 is 0 Å². The van der Waals surface area contributed by atoms with Crippen LogP contribution in [0.1, 0.15) is 61.0 Å². The maximum absolute atomic E-state index is 14.3. The van der Waals surface area contributed by atoms with Gasteiger partial charge in [0.1, 0.15) is 11.5 Å². The second-order valence-corrected chi connectivity index (χ2v) is 9.61. The number of ether oxygens (including phenoxy) is 2. The molecule has 1 heterocycles. The van der Waals surface area contributed by atoms with E-state index >= 15 is 0 Å². The van der Waals surface area contributed by atoms with E-state index in [1.54, 1.807) is 19.2 Å². The molecule has 1 fully saturated rings. The Bertz CT molecular complexity index is 1240. The summed E-state index contributed by atoms with van der Waals surface area (Å²) in [6.07, 6.45) is 4.17. The van der Waals surface area contributed by atoms with E-state index in [1.165, 1.54) is 4.90 Å². The van der Waals surface area contributed by atoms with Gasteiger partial charge in [-0.2, -0.15) is 0 Å². The molecule has 186 valence electrons. The normalized spacial score (nSPS) is 18.1. The molecule has 5 rings (SSSR count). The summed E-state index contributed by atoms with van der Waals surface area (Å²) < 4.78 is 12.1. The molecule has 1 saturated carbocycles. The van der Waals surface area contributed by atoms with Gasteiger partial charge in [0.15, 0.2) is 5.72 Å². The van der Waals surface area contributed by atoms with E-state index in [2.05, 4.69) is 5.32 Å². The number of hydrogen-bond acceptors (Lipinski definition) is 5. The van der Waals surface area contributed by atoms with E-state index in [-0.39, 0.29) is 17.9 Å². The van der Waals surface area contributed by atoms with Crippen molar-refractivity contribution in [2.45, 2.75) is 50.8 Å². The molecule has 3 aromatic carbocycles. The zero-order valence-electron chi connectivity index (χ0n) is 20.8. The molecule has 0 radical (unpaired) electrons. The minimum Gasteiger partial charge on any atom is -0.495 e. The van der Waals surface area contributed by atoms with Crippen molar-refractivity contribution in [3.63, 3.8) is 0 Å². The monoisotopic (exact) mass is 484 g/mol. The lowest BCUT2D eigenvalue weighted by molar-refractivity contribution is -0.157. The highest BCUT2D eigenvalue weighted by Gasteiger charge is 2.52. The minimum atomic E-state index is -0.944. The number of para-hydroxylation sites is 3. The highest BCUT2D eigenvalue weighted by molar-refractivity contribution is 6.08. The van der Waals surface area contributed by atoms with E-state index in [0.717, 1.165) is 30.5 Å². The number of amides is 2. The number of nitrogens with zero attached hydrogens (tertiary/aromatic N) is 1. The van der Waals surface area contributed by atoms with Crippen LogP contribution in [0.4, 0.5) is 5.69 Å². The number of benzene rings is 3. The Morgan fingerprint density at radius 1 is 0.944 bits per heavy atom. The number of imide groups is 1. The Labute approximate surface area is 212 Å². The first-order valence-corrected chi connectivity index (χ1v) is 12.6. The van der Waals surface area contributed by atoms with E-state index < -0.39 is 11.6 Å². The summed E-state index contributed by atoms with van der Waals surface area (Å²) in [6, 6.07) is 24.3. The van der Waals surface area contributed by atoms with Crippen molar-refractivity contribution in [2.24, 2.45) is 5.92 Å². The third-order valence-corrected chi connectivity index (χ3v) is 7.35. The first kappa shape index (κ1) is 23.9. The van der Waals surface area contributed by atoms with E-state index in [0.29, 0.717) is 29.9 Å². The molecule has 2 aliphatic rings. The van der Waals surface area contributed by atoms with Crippen LogP contribution in [-0.4, -0.2) is 29.5 Å². The lowest BCUT2D eigenvalue weighted by Gasteiger charge is -2.49. The maximum atomic E-state index is 14.3. The molecule has 0 bridgehead atoms. The van der Waals surface area contributed by atoms with Crippen LogP contribution in [0, 0.1) is 5.92 Å². The number of carbonyl (C=O) groups is 2. The van der Waals surface area contributed by atoms with Gasteiger partial charge in [-0.25, -0.2) is 4.90 Å². The average Bonchev–Trinajstić information content (AvgIpc) is 2.92. The lowest BCUT2D eigenvalue weighted by atomic mass is 9.85. The summed E-state index contributed by atoms with van der Waals surface area (Å²) in [4.78, 5) is 29.6. The second-order valence-electron chi connectivity index (χ2n) is 9.61. The van der Waals surface area contributed by atoms with Gasteiger partial charge in [0.2, 0.25) is 5.91 Å². The SMILES string of the molecule is COc1ccccc1N[C@@H](c1ccccc1)[C@H](C)C(=O)N1C(=O)c2ccccc2OC12CCCCC2. The van der Waals surface area contributed by atoms with Crippen molar-refractivity contribution in [3.8, 4) is 11.5 Å². The Balaban J connectivity index is 1.54. The van der Waals surface area contributed by atoms with E-state index in [1.807, 2.05) is 73.7 Å². The standard InChI is InChI=1S/C30H32N2O4/c1-21(27(22-13-5-3-6-14-22)31-24-16-8-10-18-26(24)35-2)28(33)32-29(34)23-15-7-9-17-25(23)36-30(32)19-11-4-12-20-30/h3,5-10,13-18,21,27,31H,4,11-12,19-20H2,1-2H3/t21-,27+/m0/s1. The fraction of sp³-hybridized carbons (Fsp3) is 0.333. The second kappa shape index (κ2) is 10.1. The quantitative estimate of drug-likeness (QED) is 0.451. The van der Waals surface area contributed by atoms with Gasteiger partial charge in [-0.15, -0.1) is 0 Å². The Morgan fingerprint density at radius 2 is 1.61 bits per heavy atom. The zero-order valence-corrected chi connectivity index (χ0v) is 20.8. The Hall–Kier alpha value is -3.80. The number of fused-ring (bicyclic) bond motifs is 1. The topological polar surface area (TPSA) is 67.9 Å². The summed E-state index contributed by atoms with van der Waals surface area (Å²) >= 11 is 0. The molecule has 6 nitrogen and oxygen atoms in total. The fourth-order valence-electron chi connectivity index (χ4n) is 5.45. The van der Waals surface area contributed by atoms with Gasteiger partial charge in [0.25, 0.3) is 5.91 Å². The molecule has 2 amide bonds. The Morgan fingerprint density at radius 3 is 2.36 bits per heavy atom. The van der Waals surface area contributed by atoms with E-state index in [9.17, 15) is 9.59 Å². The molecule has 1 spiro atoms. The fourth-order valence-corrected chi connectivity index (χ4v) is 5.45. The van der Waals surface area contributed by atoms with Crippen LogP contribution in [0.2, 0.25) is 0 Å².